The van der Waals surface area contributed by atoms with Gasteiger partial charge < -0.3 is 0 Å². The van der Waals surface area contributed by atoms with Crippen LogP contribution >= 0.6 is 0 Å². The smallest absolute Gasteiger partial charge is 0.262 e. The summed E-state index contributed by atoms with van der Waals surface area (Å²) in [5, 5.41) is 8.28. The van der Waals surface area contributed by atoms with Crippen molar-refractivity contribution >= 4 is 23.2 Å². The van der Waals surface area contributed by atoms with Gasteiger partial charge in [0.15, 0.2) is 0 Å². The first-order chi connectivity index (χ1) is 13.2. The molecule has 0 saturated carbocycles. The van der Waals surface area contributed by atoms with Crippen molar-refractivity contribution in [1.29, 1.82) is 0 Å². The minimum atomic E-state index is -0.837. The maximum Gasteiger partial charge on any atom is 0.331 e. The van der Waals surface area contributed by atoms with Crippen molar-refractivity contribution in [3.05, 3.63) is 47.6 Å². The van der Waals surface area contributed by atoms with Crippen molar-refractivity contribution in [3.8, 4) is 0 Å². The van der Waals surface area contributed by atoms with E-state index in [1.165, 1.54) is 0 Å². The zero-order chi connectivity index (χ0) is 20.8. The number of allylic oxidation sites excluding steroid dienone is 6. The number of hydrazone groups is 2. The first-order valence-electron chi connectivity index (χ1n) is 9.57. The van der Waals surface area contributed by atoms with Crippen molar-refractivity contribution in [2.45, 2.75) is 53.4 Å². The largest absolute Gasteiger partial charge is 0.331 e. The summed E-state index contributed by atoms with van der Waals surface area (Å²) in [7, 11) is 0. The van der Waals surface area contributed by atoms with Crippen LogP contribution in [-0.4, -0.2) is 23.2 Å². The summed E-state index contributed by atoms with van der Waals surface area (Å²) in [6.07, 6.45) is 7.41. The van der Waals surface area contributed by atoms with Crippen LogP contribution in [0.15, 0.2) is 57.8 Å². The van der Waals surface area contributed by atoms with Crippen LogP contribution in [0, 0.1) is 11.8 Å². The van der Waals surface area contributed by atoms with Crippen molar-refractivity contribution in [3.63, 3.8) is 0 Å². The van der Waals surface area contributed by atoms with Crippen LogP contribution in [0.1, 0.15) is 53.4 Å². The van der Waals surface area contributed by atoms with E-state index in [9.17, 15) is 9.59 Å². The van der Waals surface area contributed by atoms with Gasteiger partial charge in [0, 0.05) is 0 Å². The van der Waals surface area contributed by atoms with Crippen molar-refractivity contribution in [1.82, 2.24) is 10.9 Å². The van der Waals surface area contributed by atoms with Crippen molar-refractivity contribution in [2.75, 3.05) is 0 Å². The second-order valence-electron chi connectivity index (χ2n) is 7.74. The van der Waals surface area contributed by atoms with Gasteiger partial charge in [0.2, 0.25) is 0 Å². The molecule has 0 bridgehead atoms. The van der Waals surface area contributed by atoms with Crippen LogP contribution < -0.4 is 10.9 Å². The number of amides is 2. The predicted molar refractivity (Wildman–Crippen MR) is 114 cm³/mol. The lowest BCUT2D eigenvalue weighted by atomic mass is 9.85. The summed E-state index contributed by atoms with van der Waals surface area (Å²) < 4.78 is 0. The Kier molecular flexibility index (Phi) is 7.26. The van der Waals surface area contributed by atoms with E-state index in [2.05, 4.69) is 46.4 Å². The zero-order valence-electron chi connectivity index (χ0n) is 17.3. The number of carbonyl (C=O) groups excluding carboxylic acids is 2. The average Bonchev–Trinajstić information content (AvgIpc) is 2.65. The fourth-order valence-electron chi connectivity index (χ4n) is 3.19. The molecule has 2 N–H and O–H groups in total. The molecule has 0 unspecified atom stereocenters. The monoisotopic (exact) mass is 382 g/mol. The Morgan fingerprint density at radius 2 is 1.21 bits per heavy atom. The zero-order valence-corrected chi connectivity index (χ0v) is 17.3. The molecule has 2 rings (SSSR count). The third kappa shape index (κ3) is 5.62. The standard InChI is InChI=1S/C22H30N4O2/c1-13(2)17-9-7-15(5)19(11-17)23-25-21(27)22(28)26-24-20-12-18(14(3)4)10-8-16(20)6/h7-8,17-18H,1,3,9-12H2,2,4-6H3,(H,25,27)(H,26,28)/b23-19-,24-20-/t17-,18-/m1/s1. The Labute approximate surface area is 167 Å². The van der Waals surface area contributed by atoms with Crippen LogP contribution in [0.4, 0.5) is 0 Å². The third-order valence-corrected chi connectivity index (χ3v) is 5.39. The van der Waals surface area contributed by atoms with E-state index in [4.69, 9.17) is 0 Å². The summed E-state index contributed by atoms with van der Waals surface area (Å²) in [5.41, 5.74) is 10.4. The van der Waals surface area contributed by atoms with Gasteiger partial charge in [-0.05, 0) is 76.4 Å². The van der Waals surface area contributed by atoms with E-state index < -0.39 is 11.8 Å². The second kappa shape index (κ2) is 9.44. The molecule has 2 aliphatic carbocycles. The van der Waals surface area contributed by atoms with Gasteiger partial charge in [-0.25, -0.2) is 10.9 Å². The molecule has 0 aromatic rings. The molecule has 0 aliphatic heterocycles. The first kappa shape index (κ1) is 21.5. The maximum atomic E-state index is 12.1. The van der Waals surface area contributed by atoms with Gasteiger partial charge in [0.05, 0.1) is 11.4 Å². The second-order valence-corrected chi connectivity index (χ2v) is 7.74. The van der Waals surface area contributed by atoms with Gasteiger partial charge >= 0.3 is 11.8 Å². The quantitative estimate of drug-likeness (QED) is 0.440. The lowest BCUT2D eigenvalue weighted by molar-refractivity contribution is -0.139. The Morgan fingerprint density at radius 3 is 1.54 bits per heavy atom. The number of carbonyl (C=O) groups is 2. The lowest BCUT2D eigenvalue weighted by Gasteiger charge is -2.22. The Balaban J connectivity index is 1.97. The number of hydrogen-bond acceptors (Lipinski definition) is 4. The average molecular weight is 383 g/mol. The molecule has 0 spiro atoms. The minimum absolute atomic E-state index is 0.307. The summed E-state index contributed by atoms with van der Waals surface area (Å²) in [4.78, 5) is 24.1. The highest BCUT2D eigenvalue weighted by Crippen LogP contribution is 2.27. The third-order valence-electron chi connectivity index (χ3n) is 5.39. The van der Waals surface area contributed by atoms with E-state index in [0.717, 1.165) is 46.6 Å². The minimum Gasteiger partial charge on any atom is -0.262 e. The van der Waals surface area contributed by atoms with E-state index in [-0.39, 0.29) is 0 Å². The van der Waals surface area contributed by atoms with Gasteiger partial charge in [-0.1, -0.05) is 36.5 Å². The molecule has 0 saturated heterocycles. The fraction of sp³-hybridized carbons (Fsp3) is 0.455. The molecule has 6 nitrogen and oxygen atoms in total. The maximum absolute atomic E-state index is 12.1. The van der Waals surface area contributed by atoms with E-state index in [1.54, 1.807) is 0 Å². The summed E-state index contributed by atoms with van der Waals surface area (Å²) in [6, 6.07) is 0. The normalized spacial score (nSPS) is 25.0. The Bertz CT molecular complexity index is 746. The molecule has 150 valence electrons. The topological polar surface area (TPSA) is 82.9 Å². The Hall–Kier alpha value is -2.76. The number of nitrogens with zero attached hydrogens (tertiary/aromatic N) is 2. The van der Waals surface area contributed by atoms with Gasteiger partial charge in [0.25, 0.3) is 0 Å². The van der Waals surface area contributed by atoms with Crippen LogP contribution in [0.3, 0.4) is 0 Å². The van der Waals surface area contributed by atoms with Gasteiger partial charge in [-0.3, -0.25) is 9.59 Å². The van der Waals surface area contributed by atoms with Crippen LogP contribution in [0.2, 0.25) is 0 Å². The molecule has 2 aliphatic rings. The van der Waals surface area contributed by atoms with Crippen LogP contribution in [0.25, 0.3) is 0 Å². The molecule has 6 heteroatoms. The molecular weight excluding hydrogens is 352 g/mol. The molecule has 0 radical (unpaired) electrons. The molecule has 2 amide bonds. The Morgan fingerprint density at radius 1 is 0.857 bits per heavy atom. The molecule has 0 fully saturated rings. The van der Waals surface area contributed by atoms with Crippen LogP contribution in [-0.2, 0) is 9.59 Å². The van der Waals surface area contributed by atoms with E-state index in [0.29, 0.717) is 24.7 Å². The van der Waals surface area contributed by atoms with Gasteiger partial charge in [-0.2, -0.15) is 10.2 Å². The molecule has 2 atom stereocenters. The van der Waals surface area contributed by atoms with Crippen LogP contribution in [0.5, 0.6) is 0 Å². The summed E-state index contributed by atoms with van der Waals surface area (Å²) in [5.74, 6) is -1.06. The van der Waals surface area contributed by atoms with Gasteiger partial charge in [0.1, 0.15) is 0 Å². The molecule has 0 aromatic carbocycles. The summed E-state index contributed by atoms with van der Waals surface area (Å²) >= 11 is 0. The van der Waals surface area contributed by atoms with E-state index >= 15 is 0 Å². The van der Waals surface area contributed by atoms with E-state index in [1.807, 2.05) is 27.7 Å². The van der Waals surface area contributed by atoms with Gasteiger partial charge in [-0.15, -0.1) is 0 Å². The highest BCUT2D eigenvalue weighted by atomic mass is 16.2. The molecule has 0 heterocycles. The van der Waals surface area contributed by atoms with Crippen molar-refractivity contribution in [2.24, 2.45) is 22.0 Å². The lowest BCUT2D eigenvalue weighted by Crippen LogP contribution is -2.37. The SMILES string of the molecule is C=C(C)[C@@H]1CC=C(C)/C(=N\NC(=O)C(=O)N/N=C2/C[C@H](C(=C)C)CC=C2C)C1. The molecule has 28 heavy (non-hydrogen) atoms. The highest BCUT2D eigenvalue weighted by molar-refractivity contribution is 6.35. The first-order valence-corrected chi connectivity index (χ1v) is 9.57. The number of rotatable bonds is 4. The molecule has 0 aromatic heterocycles. The fourth-order valence-corrected chi connectivity index (χ4v) is 3.19. The number of nitrogens with one attached hydrogen (secondary N) is 2. The predicted octanol–water partition coefficient (Wildman–Crippen LogP) is 3.80. The summed E-state index contributed by atoms with van der Waals surface area (Å²) in [6.45, 7) is 15.9. The molecular formula is C22H30N4O2. The number of hydrogen-bond donors (Lipinski definition) is 2. The highest BCUT2D eigenvalue weighted by Gasteiger charge is 2.21. The van der Waals surface area contributed by atoms with Crippen molar-refractivity contribution < 1.29 is 9.59 Å².